The van der Waals surface area contributed by atoms with E-state index in [2.05, 4.69) is 29.5 Å². The normalized spacial score (nSPS) is 11.6. The van der Waals surface area contributed by atoms with Crippen molar-refractivity contribution in [2.75, 3.05) is 11.9 Å². The van der Waals surface area contributed by atoms with Crippen LogP contribution in [0.1, 0.15) is 31.5 Å². The third-order valence-corrected chi connectivity index (χ3v) is 4.18. The number of anilines is 2. The molecular formula is C17H20F3N3OS. The Morgan fingerprint density at radius 1 is 1.32 bits per heavy atom. The zero-order chi connectivity index (χ0) is 18.4. The molecule has 4 nitrogen and oxygen atoms in total. The molecule has 0 saturated carbocycles. The van der Waals surface area contributed by atoms with E-state index >= 15 is 0 Å². The zero-order valence-electron chi connectivity index (χ0n) is 14.0. The summed E-state index contributed by atoms with van der Waals surface area (Å²) >= 11 is 1.24. The lowest BCUT2D eigenvalue weighted by molar-refractivity contribution is -0.137. The number of aromatic nitrogens is 1. The van der Waals surface area contributed by atoms with E-state index in [0.29, 0.717) is 29.0 Å². The fourth-order valence-electron chi connectivity index (χ4n) is 2.07. The van der Waals surface area contributed by atoms with Crippen LogP contribution in [0.5, 0.6) is 0 Å². The molecule has 8 heteroatoms. The molecule has 25 heavy (non-hydrogen) atoms. The van der Waals surface area contributed by atoms with Crippen molar-refractivity contribution in [3.05, 3.63) is 40.9 Å². The summed E-state index contributed by atoms with van der Waals surface area (Å²) in [7, 11) is 0. The number of rotatable bonds is 7. The van der Waals surface area contributed by atoms with Crippen LogP contribution in [0.3, 0.4) is 0 Å². The Labute approximate surface area is 148 Å². The summed E-state index contributed by atoms with van der Waals surface area (Å²) in [5.41, 5.74) is 0.164. The molecule has 1 aromatic heterocycles. The standard InChI is InChI=1S/C17H20F3N3OS/c1-11(2)6-7-21-15(24)9-14-10-25-16(23-14)22-13-5-3-4-12(8-13)17(18,19)20/h3-5,8,10-11H,6-7,9H2,1-2H3,(H,21,24)(H,22,23). The fourth-order valence-corrected chi connectivity index (χ4v) is 2.80. The highest BCUT2D eigenvalue weighted by Crippen LogP contribution is 2.31. The van der Waals surface area contributed by atoms with Crippen LogP contribution in [0.4, 0.5) is 24.0 Å². The molecule has 0 atom stereocenters. The lowest BCUT2D eigenvalue weighted by Gasteiger charge is -2.09. The maximum atomic E-state index is 12.7. The minimum Gasteiger partial charge on any atom is -0.356 e. The largest absolute Gasteiger partial charge is 0.416 e. The highest BCUT2D eigenvalue weighted by atomic mass is 32.1. The van der Waals surface area contributed by atoms with Crippen molar-refractivity contribution >= 4 is 28.1 Å². The van der Waals surface area contributed by atoms with E-state index in [1.807, 2.05) is 0 Å². The van der Waals surface area contributed by atoms with Crippen LogP contribution in [0.15, 0.2) is 29.6 Å². The van der Waals surface area contributed by atoms with Crippen molar-refractivity contribution < 1.29 is 18.0 Å². The highest BCUT2D eigenvalue weighted by molar-refractivity contribution is 7.13. The van der Waals surface area contributed by atoms with Crippen molar-refractivity contribution in [2.45, 2.75) is 32.9 Å². The first-order chi connectivity index (χ1) is 11.7. The van der Waals surface area contributed by atoms with E-state index in [0.717, 1.165) is 18.6 Å². The van der Waals surface area contributed by atoms with E-state index in [1.165, 1.54) is 23.5 Å². The van der Waals surface area contributed by atoms with Crippen LogP contribution in [-0.4, -0.2) is 17.4 Å². The zero-order valence-corrected chi connectivity index (χ0v) is 14.8. The van der Waals surface area contributed by atoms with Gasteiger partial charge in [-0.25, -0.2) is 4.98 Å². The second-order valence-corrected chi connectivity index (χ2v) is 6.91. The first kappa shape index (κ1) is 19.2. The predicted molar refractivity (Wildman–Crippen MR) is 93.0 cm³/mol. The van der Waals surface area contributed by atoms with Gasteiger partial charge in [-0.15, -0.1) is 11.3 Å². The van der Waals surface area contributed by atoms with Crippen LogP contribution >= 0.6 is 11.3 Å². The highest BCUT2D eigenvalue weighted by Gasteiger charge is 2.30. The van der Waals surface area contributed by atoms with Gasteiger partial charge in [0, 0.05) is 17.6 Å². The lowest BCUT2D eigenvalue weighted by atomic mass is 10.1. The quantitative estimate of drug-likeness (QED) is 0.747. The summed E-state index contributed by atoms with van der Waals surface area (Å²) in [4.78, 5) is 16.1. The average molecular weight is 371 g/mol. The fraction of sp³-hybridized carbons (Fsp3) is 0.412. The molecule has 2 N–H and O–H groups in total. The number of carbonyl (C=O) groups is 1. The minimum atomic E-state index is -4.39. The van der Waals surface area contributed by atoms with E-state index in [4.69, 9.17) is 0 Å². The Hall–Kier alpha value is -2.09. The van der Waals surface area contributed by atoms with Crippen molar-refractivity contribution in [3.8, 4) is 0 Å². The molecule has 0 saturated heterocycles. The van der Waals surface area contributed by atoms with Crippen LogP contribution in [0, 0.1) is 5.92 Å². The molecule has 0 aliphatic heterocycles. The summed E-state index contributed by atoms with van der Waals surface area (Å²) in [6, 6.07) is 4.91. The van der Waals surface area contributed by atoms with Gasteiger partial charge in [-0.05, 0) is 30.5 Å². The summed E-state index contributed by atoms with van der Waals surface area (Å²) in [5.74, 6) is 0.402. The molecule has 1 heterocycles. The van der Waals surface area contributed by atoms with Crippen molar-refractivity contribution in [1.82, 2.24) is 10.3 Å². The number of alkyl halides is 3. The molecule has 1 aromatic carbocycles. The molecule has 0 unspecified atom stereocenters. The number of benzene rings is 1. The second kappa shape index (κ2) is 8.33. The summed E-state index contributed by atoms with van der Waals surface area (Å²) in [6.07, 6.45) is -3.33. The van der Waals surface area contributed by atoms with Gasteiger partial charge >= 0.3 is 6.18 Å². The summed E-state index contributed by atoms with van der Waals surface area (Å²) in [6.45, 7) is 4.78. The van der Waals surface area contributed by atoms with Crippen molar-refractivity contribution in [2.24, 2.45) is 5.92 Å². The Morgan fingerprint density at radius 2 is 2.08 bits per heavy atom. The molecule has 0 fully saturated rings. The third-order valence-electron chi connectivity index (χ3n) is 3.38. The van der Waals surface area contributed by atoms with E-state index < -0.39 is 11.7 Å². The Balaban J connectivity index is 1.92. The Bertz CT molecular complexity index is 713. The molecule has 2 aromatic rings. The molecule has 1 amide bonds. The van der Waals surface area contributed by atoms with Gasteiger partial charge in [0.25, 0.3) is 0 Å². The van der Waals surface area contributed by atoms with E-state index in [-0.39, 0.29) is 12.3 Å². The number of nitrogens with zero attached hydrogens (tertiary/aromatic N) is 1. The number of hydrogen-bond donors (Lipinski definition) is 2. The molecule has 0 aliphatic carbocycles. The van der Waals surface area contributed by atoms with Gasteiger partial charge in [0.15, 0.2) is 5.13 Å². The molecule has 0 radical (unpaired) electrons. The number of halogens is 3. The summed E-state index contributed by atoms with van der Waals surface area (Å²) in [5, 5.41) is 7.84. The second-order valence-electron chi connectivity index (χ2n) is 6.06. The predicted octanol–water partition coefficient (Wildman–Crippen LogP) is 4.61. The van der Waals surface area contributed by atoms with Gasteiger partial charge in [0.05, 0.1) is 17.7 Å². The summed E-state index contributed by atoms with van der Waals surface area (Å²) < 4.78 is 38.2. The molecule has 0 spiro atoms. The molecule has 0 bridgehead atoms. The van der Waals surface area contributed by atoms with Crippen LogP contribution in [0.25, 0.3) is 0 Å². The number of amides is 1. The Kier molecular flexibility index (Phi) is 6.41. The number of hydrogen-bond acceptors (Lipinski definition) is 4. The van der Waals surface area contributed by atoms with Gasteiger partial charge in [-0.3, -0.25) is 4.79 Å². The van der Waals surface area contributed by atoms with Gasteiger partial charge in [0.2, 0.25) is 5.91 Å². The van der Waals surface area contributed by atoms with Gasteiger partial charge in [0.1, 0.15) is 0 Å². The Morgan fingerprint density at radius 3 is 2.76 bits per heavy atom. The maximum Gasteiger partial charge on any atom is 0.416 e. The maximum absolute atomic E-state index is 12.7. The monoisotopic (exact) mass is 371 g/mol. The number of carbonyl (C=O) groups excluding carboxylic acids is 1. The first-order valence-corrected chi connectivity index (χ1v) is 8.77. The number of thiazole rings is 1. The third kappa shape index (κ3) is 6.38. The van der Waals surface area contributed by atoms with Gasteiger partial charge in [-0.2, -0.15) is 13.2 Å². The van der Waals surface area contributed by atoms with Crippen LogP contribution in [-0.2, 0) is 17.4 Å². The first-order valence-electron chi connectivity index (χ1n) is 7.89. The van der Waals surface area contributed by atoms with Crippen molar-refractivity contribution in [1.29, 1.82) is 0 Å². The smallest absolute Gasteiger partial charge is 0.356 e. The molecule has 0 aliphatic rings. The van der Waals surface area contributed by atoms with Crippen molar-refractivity contribution in [3.63, 3.8) is 0 Å². The number of nitrogens with one attached hydrogen (secondary N) is 2. The van der Waals surface area contributed by atoms with E-state index in [1.54, 1.807) is 5.38 Å². The molecule has 136 valence electrons. The SMILES string of the molecule is CC(C)CCNC(=O)Cc1csc(Nc2cccc(C(F)(F)F)c2)n1. The topological polar surface area (TPSA) is 54.0 Å². The van der Waals surface area contributed by atoms with Crippen LogP contribution < -0.4 is 10.6 Å². The molecule has 2 rings (SSSR count). The van der Waals surface area contributed by atoms with E-state index in [9.17, 15) is 18.0 Å². The van der Waals surface area contributed by atoms with Gasteiger partial charge in [-0.1, -0.05) is 19.9 Å². The minimum absolute atomic E-state index is 0.114. The van der Waals surface area contributed by atoms with Crippen LogP contribution in [0.2, 0.25) is 0 Å². The van der Waals surface area contributed by atoms with Gasteiger partial charge < -0.3 is 10.6 Å². The molecular weight excluding hydrogens is 351 g/mol. The lowest BCUT2D eigenvalue weighted by Crippen LogP contribution is -2.26. The average Bonchev–Trinajstić information content (AvgIpc) is 2.93.